The minimum atomic E-state index is -0.854. The van der Waals surface area contributed by atoms with E-state index in [1.54, 1.807) is 17.2 Å². The van der Waals surface area contributed by atoms with Crippen molar-refractivity contribution in [2.45, 2.75) is 18.9 Å². The van der Waals surface area contributed by atoms with Crippen LogP contribution in [0.3, 0.4) is 0 Å². The molecule has 6 heteroatoms. The largest absolute Gasteiger partial charge is 0.481 e. The average Bonchev–Trinajstić information content (AvgIpc) is 2.95. The summed E-state index contributed by atoms with van der Waals surface area (Å²) in [5.41, 5.74) is 1.78. The number of hydrogen-bond acceptors (Lipinski definition) is 4. The highest BCUT2D eigenvalue weighted by Crippen LogP contribution is 2.42. The monoisotopic (exact) mass is 326 g/mol. The molecule has 1 spiro atoms. The molecular weight excluding hydrogens is 308 g/mol. The van der Waals surface area contributed by atoms with Crippen LogP contribution in [0.1, 0.15) is 22.3 Å². The molecule has 1 amide bonds. The number of carboxylic acids is 1. The van der Waals surface area contributed by atoms with Crippen LogP contribution in [0.2, 0.25) is 0 Å². The molecule has 4 rings (SSSR count). The van der Waals surface area contributed by atoms with Gasteiger partial charge in [-0.15, -0.1) is 0 Å². The first-order valence-corrected chi connectivity index (χ1v) is 8.01. The van der Waals surface area contributed by atoms with E-state index in [9.17, 15) is 14.7 Å². The van der Waals surface area contributed by atoms with Crippen molar-refractivity contribution >= 4 is 22.8 Å². The molecule has 0 saturated carbocycles. The van der Waals surface area contributed by atoms with Gasteiger partial charge in [0, 0.05) is 23.7 Å². The van der Waals surface area contributed by atoms with Crippen molar-refractivity contribution in [1.29, 1.82) is 0 Å². The number of hydrogen-bond donors (Lipinski definition) is 1. The number of nitrogens with zero attached hydrogens (tertiary/aromatic N) is 2. The van der Waals surface area contributed by atoms with Gasteiger partial charge in [0.1, 0.15) is 5.54 Å². The number of benzene rings is 1. The fraction of sp³-hybridized carbons (Fsp3) is 0.389. The van der Waals surface area contributed by atoms with Crippen molar-refractivity contribution in [2.24, 2.45) is 5.92 Å². The lowest BCUT2D eigenvalue weighted by Gasteiger charge is -2.47. The molecule has 2 aliphatic rings. The minimum absolute atomic E-state index is 0.132. The van der Waals surface area contributed by atoms with Crippen LogP contribution in [-0.4, -0.2) is 52.2 Å². The van der Waals surface area contributed by atoms with Crippen LogP contribution in [0.5, 0.6) is 0 Å². The van der Waals surface area contributed by atoms with E-state index < -0.39 is 17.4 Å². The van der Waals surface area contributed by atoms with Crippen molar-refractivity contribution in [2.75, 3.05) is 19.8 Å². The molecule has 2 aromatic rings. The zero-order chi connectivity index (χ0) is 16.9. The number of likely N-dealkylation sites (tertiary alicyclic amines) is 1. The number of carboxylic acid groups (broad SMARTS) is 1. The first kappa shape index (κ1) is 15.1. The lowest BCUT2D eigenvalue weighted by molar-refractivity contribution is -0.164. The second-order valence-corrected chi connectivity index (χ2v) is 6.59. The number of amides is 1. The van der Waals surface area contributed by atoms with Crippen molar-refractivity contribution in [3.05, 3.63) is 41.6 Å². The Hall–Kier alpha value is -2.47. The normalized spacial score (nSPS) is 21.9. The Morgan fingerprint density at radius 1 is 1.33 bits per heavy atom. The number of ether oxygens (including phenoxy) is 1. The van der Waals surface area contributed by atoms with Gasteiger partial charge in [0.05, 0.1) is 24.6 Å². The number of carbonyl (C=O) groups excluding carboxylic acids is 1. The molecule has 0 radical (unpaired) electrons. The summed E-state index contributed by atoms with van der Waals surface area (Å²) in [5, 5.41) is 10.4. The van der Waals surface area contributed by atoms with Crippen LogP contribution < -0.4 is 0 Å². The van der Waals surface area contributed by atoms with Crippen LogP contribution in [0.25, 0.3) is 10.9 Å². The van der Waals surface area contributed by atoms with Crippen molar-refractivity contribution in [3.63, 3.8) is 0 Å². The summed E-state index contributed by atoms with van der Waals surface area (Å²) in [5.74, 6) is -1.54. The third-order valence-electron chi connectivity index (χ3n) is 5.28. The maximum absolute atomic E-state index is 13.0. The third-order valence-corrected chi connectivity index (χ3v) is 5.28. The highest BCUT2D eigenvalue weighted by atomic mass is 16.5. The van der Waals surface area contributed by atoms with Crippen LogP contribution in [0, 0.1) is 12.8 Å². The van der Waals surface area contributed by atoms with Crippen LogP contribution >= 0.6 is 0 Å². The molecule has 24 heavy (non-hydrogen) atoms. The number of fused-ring (bicyclic) bond motifs is 1. The van der Waals surface area contributed by atoms with Gasteiger partial charge >= 0.3 is 5.97 Å². The first-order valence-electron chi connectivity index (χ1n) is 8.01. The Balaban J connectivity index is 1.71. The summed E-state index contributed by atoms with van der Waals surface area (Å²) in [6, 6.07) is 7.36. The highest BCUT2D eigenvalue weighted by molar-refractivity contribution is 5.99. The summed E-state index contributed by atoms with van der Waals surface area (Å²) in [7, 11) is 0. The molecule has 0 bridgehead atoms. The molecule has 124 valence electrons. The molecule has 2 saturated heterocycles. The van der Waals surface area contributed by atoms with Crippen molar-refractivity contribution in [3.8, 4) is 0 Å². The van der Waals surface area contributed by atoms with Gasteiger partial charge in [-0.05, 0) is 43.2 Å². The van der Waals surface area contributed by atoms with E-state index in [2.05, 4.69) is 4.98 Å². The van der Waals surface area contributed by atoms with Gasteiger partial charge in [-0.3, -0.25) is 14.6 Å². The fourth-order valence-electron chi connectivity index (χ4n) is 3.84. The quantitative estimate of drug-likeness (QED) is 0.911. The van der Waals surface area contributed by atoms with E-state index in [1.165, 1.54) is 0 Å². The minimum Gasteiger partial charge on any atom is -0.481 e. The van der Waals surface area contributed by atoms with E-state index in [1.807, 2.05) is 25.1 Å². The topological polar surface area (TPSA) is 79.7 Å². The van der Waals surface area contributed by atoms with Crippen LogP contribution in [0.4, 0.5) is 0 Å². The average molecular weight is 326 g/mol. The van der Waals surface area contributed by atoms with Gasteiger partial charge in [0.25, 0.3) is 5.91 Å². The predicted octanol–water partition coefficient (Wildman–Crippen LogP) is 1.86. The molecule has 1 unspecified atom stereocenters. The molecule has 1 atom stereocenters. The number of aryl methyl sites for hydroxylation is 1. The zero-order valence-electron chi connectivity index (χ0n) is 13.4. The summed E-state index contributed by atoms with van der Waals surface area (Å²) in [6.07, 6.45) is 2.22. The summed E-state index contributed by atoms with van der Waals surface area (Å²) in [4.78, 5) is 30.6. The van der Waals surface area contributed by atoms with E-state index in [-0.39, 0.29) is 5.91 Å². The number of rotatable bonds is 2. The Bertz CT molecular complexity index is 844. The Kier molecular flexibility index (Phi) is 3.31. The summed E-state index contributed by atoms with van der Waals surface area (Å²) in [6.45, 7) is 3.02. The van der Waals surface area contributed by atoms with Gasteiger partial charge < -0.3 is 14.7 Å². The van der Waals surface area contributed by atoms with E-state index >= 15 is 0 Å². The van der Waals surface area contributed by atoms with Gasteiger partial charge in [-0.1, -0.05) is 0 Å². The molecule has 6 nitrogen and oxygen atoms in total. The predicted molar refractivity (Wildman–Crippen MR) is 86.8 cm³/mol. The second kappa shape index (κ2) is 5.27. The molecule has 1 aromatic carbocycles. The van der Waals surface area contributed by atoms with Gasteiger partial charge in [0.15, 0.2) is 0 Å². The maximum Gasteiger partial charge on any atom is 0.309 e. The summed E-state index contributed by atoms with van der Waals surface area (Å²) >= 11 is 0. The van der Waals surface area contributed by atoms with E-state index in [4.69, 9.17) is 4.74 Å². The van der Waals surface area contributed by atoms with Crippen LogP contribution in [0.15, 0.2) is 30.5 Å². The molecule has 2 fully saturated rings. The zero-order valence-corrected chi connectivity index (χ0v) is 13.4. The van der Waals surface area contributed by atoms with E-state index in [0.29, 0.717) is 31.7 Å². The SMILES string of the molecule is Cc1ccnc2ccc(C(=O)N3CCC(C(=O)O)C34COC4)cc12. The lowest BCUT2D eigenvalue weighted by Crippen LogP contribution is -2.65. The molecule has 1 N–H and O–H groups in total. The number of aliphatic carboxylic acids is 1. The highest BCUT2D eigenvalue weighted by Gasteiger charge is 2.58. The second-order valence-electron chi connectivity index (χ2n) is 6.59. The van der Waals surface area contributed by atoms with Crippen LogP contribution in [-0.2, 0) is 9.53 Å². The van der Waals surface area contributed by atoms with Gasteiger partial charge in [0.2, 0.25) is 0 Å². The maximum atomic E-state index is 13.0. The number of aromatic nitrogens is 1. The molecule has 2 aliphatic heterocycles. The van der Waals surface area contributed by atoms with E-state index in [0.717, 1.165) is 16.5 Å². The van der Waals surface area contributed by atoms with Gasteiger partial charge in [-0.2, -0.15) is 0 Å². The number of carbonyl (C=O) groups is 2. The van der Waals surface area contributed by atoms with Crippen molar-refractivity contribution < 1.29 is 19.4 Å². The third kappa shape index (κ3) is 2.03. The van der Waals surface area contributed by atoms with Gasteiger partial charge in [-0.25, -0.2) is 0 Å². The standard InChI is InChI=1S/C18H18N2O4/c1-11-4-6-19-15-3-2-12(8-13(11)15)16(21)20-7-5-14(17(22)23)18(20)9-24-10-18/h2-4,6,8,14H,5,7,9-10H2,1H3,(H,22,23). The summed E-state index contributed by atoms with van der Waals surface area (Å²) < 4.78 is 5.28. The fourth-order valence-corrected chi connectivity index (χ4v) is 3.84. The Labute approximate surface area is 139 Å². The molecule has 0 aliphatic carbocycles. The smallest absolute Gasteiger partial charge is 0.309 e. The first-order chi connectivity index (χ1) is 11.5. The molecular formula is C18H18N2O4. The lowest BCUT2D eigenvalue weighted by atomic mass is 9.82. The molecule has 3 heterocycles. The Morgan fingerprint density at radius 3 is 2.79 bits per heavy atom. The number of pyridine rings is 1. The molecule has 1 aromatic heterocycles. The Morgan fingerprint density at radius 2 is 2.12 bits per heavy atom. The van der Waals surface area contributed by atoms with Crippen molar-refractivity contribution in [1.82, 2.24) is 9.88 Å².